The van der Waals surface area contributed by atoms with Crippen LogP contribution in [0, 0.1) is 0 Å². The van der Waals surface area contributed by atoms with Gasteiger partial charge in [-0.1, -0.05) is 6.07 Å². The van der Waals surface area contributed by atoms with Gasteiger partial charge in [0.1, 0.15) is 10.1 Å². The van der Waals surface area contributed by atoms with Gasteiger partial charge in [-0.25, -0.2) is 8.42 Å². The second-order valence-corrected chi connectivity index (χ2v) is 4.68. The molecule has 0 saturated heterocycles. The van der Waals surface area contributed by atoms with Gasteiger partial charge in [-0.3, -0.25) is 0 Å². The van der Waals surface area contributed by atoms with Gasteiger partial charge in [0.05, 0.1) is 4.90 Å². The quantitative estimate of drug-likeness (QED) is 0.363. The number of aromatic hydroxyl groups is 2. The maximum absolute atomic E-state index is 10.8. The average molecular weight is 278 g/mol. The zero-order valence-corrected chi connectivity index (χ0v) is 12.9. The molecule has 7 heteroatoms. The third-order valence-electron chi connectivity index (χ3n) is 2.19. The third kappa shape index (κ3) is 3.19. The fourth-order valence-corrected chi connectivity index (χ4v) is 1.91. The maximum Gasteiger partial charge on any atom is 1.00 e. The number of phenolic OH excluding ortho intramolecular Hbond substituents is 2. The molecule has 0 saturated carbocycles. The zero-order valence-electron chi connectivity index (χ0n) is 8.91. The Kier molecular flexibility index (Phi) is 4.58. The monoisotopic (exact) mass is 278 g/mol. The van der Waals surface area contributed by atoms with E-state index in [2.05, 4.69) is 0 Å². The van der Waals surface area contributed by atoms with Gasteiger partial charge in [-0.15, -0.1) is 0 Å². The van der Waals surface area contributed by atoms with Crippen molar-refractivity contribution in [3.8, 4) is 11.5 Å². The zero-order chi connectivity index (χ0) is 11.9. The molecule has 0 radical (unpaired) electrons. The van der Waals surface area contributed by atoms with E-state index in [0.29, 0.717) is 10.8 Å². The van der Waals surface area contributed by atoms with Crippen molar-refractivity contribution in [3.63, 3.8) is 0 Å². The molecule has 0 amide bonds. The Bertz CT molecular complexity index is 666. The summed E-state index contributed by atoms with van der Waals surface area (Å²) >= 11 is 0. The summed E-state index contributed by atoms with van der Waals surface area (Å²) in [4.78, 5) is -0.370. The van der Waals surface area contributed by atoms with Crippen LogP contribution in [-0.4, -0.2) is 23.2 Å². The van der Waals surface area contributed by atoms with Crippen molar-refractivity contribution in [1.82, 2.24) is 0 Å². The molecule has 5 nitrogen and oxygen atoms in total. The van der Waals surface area contributed by atoms with Gasteiger partial charge >= 0.3 is 51.4 Å². The average Bonchev–Trinajstić information content (AvgIpc) is 2.17. The number of fused-ring (bicyclic) bond motifs is 1. The molecule has 0 bridgehead atoms. The molecule has 2 N–H and O–H groups in total. The summed E-state index contributed by atoms with van der Waals surface area (Å²) in [6.45, 7) is 0. The van der Waals surface area contributed by atoms with Crippen LogP contribution in [0.4, 0.5) is 0 Å². The van der Waals surface area contributed by atoms with E-state index in [1.807, 2.05) is 0 Å². The number of rotatable bonds is 1. The minimum atomic E-state index is -4.51. The Morgan fingerprint density at radius 2 is 1.47 bits per heavy atom. The summed E-state index contributed by atoms with van der Waals surface area (Å²) in [5, 5.41) is 19.3. The van der Waals surface area contributed by atoms with Crippen LogP contribution < -0.4 is 51.4 Å². The van der Waals surface area contributed by atoms with Gasteiger partial charge in [0.2, 0.25) is 0 Å². The first-order valence-corrected chi connectivity index (χ1v) is 5.70. The molecule has 0 atom stereocenters. The van der Waals surface area contributed by atoms with E-state index < -0.39 is 10.1 Å². The van der Waals surface area contributed by atoms with E-state index in [0.717, 1.165) is 12.1 Å². The molecule has 2 aromatic carbocycles. The maximum atomic E-state index is 10.8. The van der Waals surface area contributed by atoms with E-state index in [4.69, 9.17) is 0 Å². The smallest absolute Gasteiger partial charge is 0.744 e. The molecule has 0 spiro atoms. The molecule has 0 heterocycles. The Labute approximate surface area is 140 Å². The summed E-state index contributed by atoms with van der Waals surface area (Å²) < 4.78 is 32.3. The first-order chi connectivity index (χ1) is 7.38. The minimum absolute atomic E-state index is 0. The van der Waals surface area contributed by atoms with Crippen LogP contribution in [0.3, 0.4) is 0 Å². The number of hydrogen-bond donors (Lipinski definition) is 2. The predicted octanol–water partition coefficient (Wildman–Crippen LogP) is -1.84. The van der Waals surface area contributed by atoms with Gasteiger partial charge in [-0.2, -0.15) is 0 Å². The van der Waals surface area contributed by atoms with Crippen molar-refractivity contribution in [2.45, 2.75) is 4.90 Å². The summed E-state index contributed by atoms with van der Waals surface area (Å²) in [5.74, 6) is -0.668. The van der Waals surface area contributed by atoms with Crippen LogP contribution in [-0.2, 0) is 10.1 Å². The van der Waals surface area contributed by atoms with Gasteiger partial charge in [0.15, 0.2) is 11.5 Å². The number of benzene rings is 2. The van der Waals surface area contributed by atoms with Crippen molar-refractivity contribution < 1.29 is 74.6 Å². The Balaban J connectivity index is 0.00000144. The topological polar surface area (TPSA) is 97.7 Å². The molecule has 0 fully saturated rings. The van der Waals surface area contributed by atoms with E-state index in [-0.39, 0.29) is 67.8 Å². The molecule has 2 rings (SSSR count). The van der Waals surface area contributed by atoms with Gasteiger partial charge < -0.3 is 14.8 Å². The first kappa shape index (κ1) is 14.9. The molecular weight excluding hydrogens is 271 g/mol. The van der Waals surface area contributed by atoms with Crippen LogP contribution in [0.15, 0.2) is 35.2 Å². The van der Waals surface area contributed by atoms with E-state index in [1.54, 1.807) is 0 Å². The minimum Gasteiger partial charge on any atom is -0.744 e. The molecular formula is C10H7KO5S. The molecule has 0 aliphatic carbocycles. The Hall–Kier alpha value is -0.154. The van der Waals surface area contributed by atoms with Gasteiger partial charge in [0, 0.05) is 0 Å². The summed E-state index contributed by atoms with van der Waals surface area (Å²) in [5.41, 5.74) is 0. The van der Waals surface area contributed by atoms with E-state index in [1.165, 1.54) is 18.2 Å². The van der Waals surface area contributed by atoms with E-state index in [9.17, 15) is 23.2 Å². The molecule has 84 valence electrons. The second-order valence-electron chi connectivity index (χ2n) is 3.30. The Morgan fingerprint density at radius 3 is 2.00 bits per heavy atom. The molecule has 17 heavy (non-hydrogen) atoms. The van der Waals surface area contributed by atoms with Gasteiger partial charge in [0.25, 0.3) is 0 Å². The van der Waals surface area contributed by atoms with Crippen LogP contribution in [0.2, 0.25) is 0 Å². The second kappa shape index (κ2) is 5.23. The SMILES string of the molecule is O=S(=O)([O-])c1ccc2cc(O)c(O)cc2c1.[K+]. The fourth-order valence-electron chi connectivity index (χ4n) is 1.41. The van der Waals surface area contributed by atoms with Crippen LogP contribution >= 0.6 is 0 Å². The van der Waals surface area contributed by atoms with Crippen LogP contribution in [0.5, 0.6) is 11.5 Å². The van der Waals surface area contributed by atoms with Crippen molar-refractivity contribution in [2.24, 2.45) is 0 Å². The van der Waals surface area contributed by atoms with Crippen molar-refractivity contribution in [1.29, 1.82) is 0 Å². The van der Waals surface area contributed by atoms with Crippen molar-refractivity contribution in [2.75, 3.05) is 0 Å². The predicted molar refractivity (Wildman–Crippen MR) is 55.2 cm³/mol. The van der Waals surface area contributed by atoms with Crippen molar-refractivity contribution in [3.05, 3.63) is 30.3 Å². The molecule has 0 aromatic heterocycles. The summed E-state index contributed by atoms with van der Waals surface area (Å²) in [6.07, 6.45) is 0. The third-order valence-corrected chi connectivity index (χ3v) is 3.03. The van der Waals surface area contributed by atoms with Gasteiger partial charge in [-0.05, 0) is 35.0 Å². The normalized spacial score (nSPS) is 11.1. The Morgan fingerprint density at radius 1 is 0.941 bits per heavy atom. The van der Waals surface area contributed by atoms with Crippen LogP contribution in [0.25, 0.3) is 10.8 Å². The van der Waals surface area contributed by atoms with E-state index >= 15 is 0 Å². The molecule has 0 aliphatic heterocycles. The number of hydrogen-bond acceptors (Lipinski definition) is 5. The largest absolute Gasteiger partial charge is 1.00 e. The van der Waals surface area contributed by atoms with Crippen molar-refractivity contribution >= 4 is 20.9 Å². The summed E-state index contributed by atoms with van der Waals surface area (Å²) in [7, 11) is -4.51. The summed E-state index contributed by atoms with van der Waals surface area (Å²) in [6, 6.07) is 6.17. The molecule has 2 aromatic rings. The molecule has 0 aliphatic rings. The fraction of sp³-hybridized carbons (Fsp3) is 0. The molecule has 0 unspecified atom stereocenters. The first-order valence-electron chi connectivity index (χ1n) is 4.29. The standard InChI is InChI=1S/C10H8O5S.K/c11-9-4-6-1-2-8(16(13,14)15)3-7(6)5-10(9)12;/h1-5,11-12H,(H,13,14,15);/q;+1/p-1. The van der Waals surface area contributed by atoms with Crippen LogP contribution in [0.1, 0.15) is 0 Å². The number of phenols is 2.